The highest BCUT2D eigenvalue weighted by Crippen LogP contribution is 2.22. The van der Waals surface area contributed by atoms with Crippen molar-refractivity contribution < 1.29 is 4.79 Å². The smallest absolute Gasteiger partial charge is 0.318 e. The fourth-order valence-corrected chi connectivity index (χ4v) is 2.25. The van der Waals surface area contributed by atoms with E-state index in [-0.39, 0.29) is 17.6 Å². The number of hydrogen-bond acceptors (Lipinski definition) is 2. The van der Waals surface area contributed by atoms with E-state index in [4.69, 9.17) is 5.73 Å². The average molecular weight is 227 g/mol. The molecule has 0 saturated carbocycles. The lowest BCUT2D eigenvalue weighted by atomic mass is 9.91. The van der Waals surface area contributed by atoms with E-state index in [0.29, 0.717) is 12.5 Å². The molecule has 4 heteroatoms. The van der Waals surface area contributed by atoms with Crippen LogP contribution in [-0.4, -0.2) is 35.6 Å². The first-order chi connectivity index (χ1) is 7.35. The Bertz CT molecular complexity index is 247. The van der Waals surface area contributed by atoms with Gasteiger partial charge in [-0.3, -0.25) is 0 Å². The van der Waals surface area contributed by atoms with Gasteiger partial charge in [0.15, 0.2) is 0 Å². The molecule has 1 aliphatic rings. The number of nitrogens with two attached hydrogens (primary N) is 1. The molecule has 2 unspecified atom stereocenters. The van der Waals surface area contributed by atoms with Crippen LogP contribution in [0.2, 0.25) is 0 Å². The number of urea groups is 1. The Kier molecular flexibility index (Phi) is 4.19. The van der Waals surface area contributed by atoms with E-state index in [2.05, 4.69) is 12.2 Å². The van der Waals surface area contributed by atoms with Gasteiger partial charge in [0, 0.05) is 24.7 Å². The SMILES string of the molecule is CC1CCCN(C(=O)NC(C)(C)C)C1CN. The van der Waals surface area contributed by atoms with Gasteiger partial charge in [0.2, 0.25) is 0 Å². The van der Waals surface area contributed by atoms with Crippen molar-refractivity contribution >= 4 is 6.03 Å². The van der Waals surface area contributed by atoms with Crippen LogP contribution in [0, 0.1) is 5.92 Å². The Morgan fingerprint density at radius 2 is 2.12 bits per heavy atom. The van der Waals surface area contributed by atoms with Crippen LogP contribution >= 0.6 is 0 Å². The summed E-state index contributed by atoms with van der Waals surface area (Å²) in [5, 5.41) is 3.01. The van der Waals surface area contributed by atoms with Crippen LogP contribution in [-0.2, 0) is 0 Å². The molecule has 0 radical (unpaired) electrons. The van der Waals surface area contributed by atoms with Gasteiger partial charge in [0.05, 0.1) is 0 Å². The Balaban J connectivity index is 2.66. The van der Waals surface area contributed by atoms with Gasteiger partial charge in [-0.25, -0.2) is 4.79 Å². The van der Waals surface area contributed by atoms with Crippen LogP contribution < -0.4 is 11.1 Å². The maximum Gasteiger partial charge on any atom is 0.318 e. The lowest BCUT2D eigenvalue weighted by Gasteiger charge is -2.40. The molecule has 94 valence electrons. The van der Waals surface area contributed by atoms with E-state index >= 15 is 0 Å². The normalized spacial score (nSPS) is 26.7. The summed E-state index contributed by atoms with van der Waals surface area (Å²) in [6.45, 7) is 9.54. The molecule has 1 saturated heterocycles. The molecule has 4 nitrogen and oxygen atoms in total. The number of piperidine rings is 1. The van der Waals surface area contributed by atoms with E-state index in [9.17, 15) is 4.79 Å². The molecule has 0 aliphatic carbocycles. The third-order valence-corrected chi connectivity index (χ3v) is 3.10. The fraction of sp³-hybridized carbons (Fsp3) is 0.917. The minimum Gasteiger partial charge on any atom is -0.333 e. The molecular weight excluding hydrogens is 202 g/mol. The summed E-state index contributed by atoms with van der Waals surface area (Å²) in [6, 6.07) is 0.214. The van der Waals surface area contributed by atoms with Gasteiger partial charge in [0.25, 0.3) is 0 Å². The first-order valence-corrected chi connectivity index (χ1v) is 6.14. The summed E-state index contributed by atoms with van der Waals surface area (Å²) in [5.74, 6) is 0.504. The van der Waals surface area contributed by atoms with Crippen LogP contribution in [0.15, 0.2) is 0 Å². The van der Waals surface area contributed by atoms with Crippen LogP contribution in [0.25, 0.3) is 0 Å². The Morgan fingerprint density at radius 3 is 2.62 bits per heavy atom. The largest absolute Gasteiger partial charge is 0.333 e. The molecule has 0 bridgehead atoms. The predicted octanol–water partition coefficient (Wildman–Crippen LogP) is 1.55. The molecule has 3 N–H and O–H groups in total. The van der Waals surface area contributed by atoms with E-state index in [1.807, 2.05) is 25.7 Å². The summed E-state index contributed by atoms with van der Waals surface area (Å²) in [6.07, 6.45) is 2.25. The molecule has 2 amide bonds. The summed E-state index contributed by atoms with van der Waals surface area (Å²) >= 11 is 0. The van der Waals surface area contributed by atoms with Crippen molar-refractivity contribution in [2.24, 2.45) is 11.7 Å². The second kappa shape index (κ2) is 5.04. The first-order valence-electron chi connectivity index (χ1n) is 6.14. The molecule has 0 aromatic carbocycles. The van der Waals surface area contributed by atoms with Crippen molar-refractivity contribution in [1.29, 1.82) is 0 Å². The number of carbonyl (C=O) groups is 1. The summed E-state index contributed by atoms with van der Waals surface area (Å²) in [5.41, 5.74) is 5.58. The van der Waals surface area contributed by atoms with E-state index < -0.39 is 0 Å². The second-order valence-corrected chi connectivity index (χ2v) is 5.80. The van der Waals surface area contributed by atoms with Gasteiger partial charge in [-0.1, -0.05) is 6.92 Å². The van der Waals surface area contributed by atoms with Gasteiger partial charge >= 0.3 is 6.03 Å². The molecular formula is C12H25N3O. The molecule has 2 atom stereocenters. The minimum atomic E-state index is -0.184. The molecule has 16 heavy (non-hydrogen) atoms. The zero-order chi connectivity index (χ0) is 12.3. The zero-order valence-corrected chi connectivity index (χ0v) is 10.9. The van der Waals surface area contributed by atoms with Crippen LogP contribution in [0.4, 0.5) is 4.79 Å². The average Bonchev–Trinajstić information content (AvgIpc) is 2.14. The summed E-state index contributed by atoms with van der Waals surface area (Å²) in [7, 11) is 0. The quantitative estimate of drug-likeness (QED) is 0.714. The number of carbonyl (C=O) groups excluding carboxylic acids is 1. The molecule has 1 aliphatic heterocycles. The number of hydrogen-bond donors (Lipinski definition) is 2. The van der Waals surface area contributed by atoms with Crippen molar-refractivity contribution in [3.05, 3.63) is 0 Å². The third kappa shape index (κ3) is 3.37. The molecule has 1 heterocycles. The van der Waals surface area contributed by atoms with Gasteiger partial charge < -0.3 is 16.0 Å². The van der Waals surface area contributed by atoms with E-state index in [1.165, 1.54) is 6.42 Å². The Hall–Kier alpha value is -0.770. The van der Waals surface area contributed by atoms with Crippen molar-refractivity contribution in [2.45, 2.75) is 52.1 Å². The maximum atomic E-state index is 12.1. The molecule has 1 rings (SSSR count). The van der Waals surface area contributed by atoms with Gasteiger partial charge in [0.1, 0.15) is 0 Å². The Labute approximate surface area is 98.6 Å². The molecule has 0 spiro atoms. The minimum absolute atomic E-state index is 0.0227. The summed E-state index contributed by atoms with van der Waals surface area (Å²) in [4.78, 5) is 14.0. The number of amides is 2. The third-order valence-electron chi connectivity index (χ3n) is 3.10. The standard InChI is InChI=1S/C12H25N3O/c1-9-6-5-7-15(10(9)8-13)11(16)14-12(2,3)4/h9-10H,5-8,13H2,1-4H3,(H,14,16). The fourth-order valence-electron chi connectivity index (χ4n) is 2.25. The lowest BCUT2D eigenvalue weighted by molar-refractivity contribution is 0.118. The first kappa shape index (κ1) is 13.3. The van der Waals surface area contributed by atoms with Crippen molar-refractivity contribution in [3.8, 4) is 0 Å². The highest BCUT2D eigenvalue weighted by Gasteiger charge is 2.31. The van der Waals surface area contributed by atoms with Crippen LogP contribution in [0.5, 0.6) is 0 Å². The number of nitrogens with zero attached hydrogens (tertiary/aromatic N) is 1. The maximum absolute atomic E-state index is 12.1. The highest BCUT2D eigenvalue weighted by molar-refractivity contribution is 5.75. The number of likely N-dealkylation sites (tertiary alicyclic amines) is 1. The van der Waals surface area contributed by atoms with Crippen molar-refractivity contribution in [1.82, 2.24) is 10.2 Å². The van der Waals surface area contributed by atoms with Crippen LogP contribution in [0.3, 0.4) is 0 Å². The lowest BCUT2D eigenvalue weighted by Crippen LogP contribution is -2.57. The zero-order valence-electron chi connectivity index (χ0n) is 10.9. The Morgan fingerprint density at radius 1 is 1.50 bits per heavy atom. The van der Waals surface area contributed by atoms with Crippen molar-refractivity contribution in [2.75, 3.05) is 13.1 Å². The van der Waals surface area contributed by atoms with Crippen LogP contribution in [0.1, 0.15) is 40.5 Å². The number of nitrogens with one attached hydrogen (secondary N) is 1. The second-order valence-electron chi connectivity index (χ2n) is 5.80. The van der Waals surface area contributed by atoms with E-state index in [0.717, 1.165) is 13.0 Å². The van der Waals surface area contributed by atoms with Gasteiger partial charge in [-0.2, -0.15) is 0 Å². The topological polar surface area (TPSA) is 58.4 Å². The molecule has 0 aromatic heterocycles. The van der Waals surface area contributed by atoms with E-state index in [1.54, 1.807) is 0 Å². The predicted molar refractivity (Wildman–Crippen MR) is 66.2 cm³/mol. The molecule has 0 aromatic rings. The van der Waals surface area contributed by atoms with Gasteiger partial charge in [-0.15, -0.1) is 0 Å². The summed E-state index contributed by atoms with van der Waals surface area (Å²) < 4.78 is 0. The van der Waals surface area contributed by atoms with Gasteiger partial charge in [-0.05, 0) is 39.5 Å². The highest BCUT2D eigenvalue weighted by atomic mass is 16.2. The molecule has 1 fully saturated rings. The number of rotatable bonds is 1. The van der Waals surface area contributed by atoms with Crippen molar-refractivity contribution in [3.63, 3.8) is 0 Å². The monoisotopic (exact) mass is 227 g/mol.